The summed E-state index contributed by atoms with van der Waals surface area (Å²) in [6.07, 6.45) is 14.7. The molecule has 0 fully saturated rings. The normalized spacial score (nSPS) is 16.9. The van der Waals surface area contributed by atoms with Crippen LogP contribution < -0.4 is 0 Å². The first-order chi connectivity index (χ1) is 6.53. The van der Waals surface area contributed by atoms with Crippen molar-refractivity contribution < 1.29 is 0 Å². The third kappa shape index (κ3) is 3.07. The summed E-state index contributed by atoms with van der Waals surface area (Å²) in [5, 5.41) is 0. The maximum atomic E-state index is 2.69. The largest absolute Gasteiger partial charge is 0.235 e. The Morgan fingerprint density at radius 1 is 0.933 bits per heavy atom. The maximum Gasteiger partial charge on any atom is 0.00888 e. The van der Waals surface area contributed by atoms with Gasteiger partial charge in [0.25, 0.3) is 0 Å². The lowest BCUT2D eigenvalue weighted by molar-refractivity contribution is 0.575. The Bertz CT molecular complexity index is 202. The fourth-order valence-corrected chi connectivity index (χ4v) is 8.87. The summed E-state index contributed by atoms with van der Waals surface area (Å²) in [7, 11) is 1.05. The van der Waals surface area contributed by atoms with Crippen LogP contribution in [0.25, 0.3) is 0 Å². The summed E-state index contributed by atoms with van der Waals surface area (Å²) >= 11 is 0. The average molecular weight is 254 g/mol. The molecule has 0 spiro atoms. The van der Waals surface area contributed by atoms with Crippen LogP contribution in [0.15, 0.2) is 0 Å². The van der Waals surface area contributed by atoms with E-state index in [0.29, 0.717) is 4.75 Å². The summed E-state index contributed by atoms with van der Waals surface area (Å²) in [5.41, 5.74) is 0. The number of hydrogen-bond donors (Lipinski definition) is 0. The lowest BCUT2D eigenvalue weighted by Gasteiger charge is -2.59. The van der Waals surface area contributed by atoms with E-state index in [1.807, 2.05) is 0 Å². The van der Waals surface area contributed by atoms with Crippen molar-refractivity contribution in [3.63, 3.8) is 0 Å². The van der Waals surface area contributed by atoms with Gasteiger partial charge >= 0.3 is 0 Å². The van der Waals surface area contributed by atoms with Gasteiger partial charge in [0.05, 0.1) is 0 Å². The molecule has 96 valence electrons. The minimum Gasteiger partial charge on any atom is -0.235 e. The monoisotopic (exact) mass is 253 g/mol. The van der Waals surface area contributed by atoms with Crippen molar-refractivity contribution in [3.05, 3.63) is 0 Å². The molecule has 0 aromatic rings. The fraction of sp³-hybridized carbons (Fsp3) is 1.00. The van der Waals surface area contributed by atoms with E-state index in [9.17, 15) is 0 Å². The average Bonchev–Trinajstić information content (AvgIpc) is 2.13. The first kappa shape index (κ1) is 15.7. The molecule has 0 rings (SSSR count). The summed E-state index contributed by atoms with van der Waals surface area (Å²) in [4.78, 5) is 0. The van der Waals surface area contributed by atoms with Crippen LogP contribution in [0, 0.1) is 0 Å². The minimum absolute atomic E-state index is 0.488. The van der Waals surface area contributed by atoms with Crippen LogP contribution in [0.1, 0.15) is 33.6 Å². The zero-order valence-corrected chi connectivity index (χ0v) is 13.8. The van der Waals surface area contributed by atoms with Gasteiger partial charge in [-0.2, -0.15) is 20.4 Å². The van der Waals surface area contributed by atoms with Crippen LogP contribution in [0.4, 0.5) is 0 Å². The Balaban J connectivity index is 5.11. The van der Waals surface area contributed by atoms with Crippen molar-refractivity contribution in [2.45, 2.75) is 38.4 Å². The van der Waals surface area contributed by atoms with Crippen molar-refractivity contribution in [3.8, 4) is 0 Å². The fourth-order valence-electron chi connectivity index (χ4n) is 1.83. The van der Waals surface area contributed by atoms with Crippen LogP contribution in [0.3, 0.4) is 0 Å². The van der Waals surface area contributed by atoms with Crippen LogP contribution in [-0.2, 0) is 0 Å². The summed E-state index contributed by atoms with van der Waals surface area (Å²) in [6.45, 7) is 7.14. The molecule has 0 saturated heterocycles. The first-order valence-corrected chi connectivity index (χ1v) is 10.9. The number of nitrogens with zero attached hydrogens (tertiary/aromatic N) is 1. The molecule has 1 nitrogen and oxygen atoms in total. The van der Waals surface area contributed by atoms with Gasteiger partial charge in [0.2, 0.25) is 0 Å². The standard InChI is InChI=1S/C12H31NS2/c1-10-12(3,11-2)15(8,9)13(4)14(5,6)7/h10-11H2,1-9H3. The summed E-state index contributed by atoms with van der Waals surface area (Å²) < 4.78 is 3.18. The smallest absolute Gasteiger partial charge is 0.00888 e. The summed E-state index contributed by atoms with van der Waals surface area (Å²) in [6, 6.07) is 0. The van der Waals surface area contributed by atoms with Gasteiger partial charge in [0.15, 0.2) is 0 Å². The Kier molecular flexibility index (Phi) is 5.10. The molecule has 0 saturated carbocycles. The maximum absolute atomic E-state index is 2.69. The highest BCUT2D eigenvalue weighted by molar-refractivity contribution is 8.44. The molecular formula is C12H31NS2. The van der Waals surface area contributed by atoms with Crippen molar-refractivity contribution >= 4 is 20.4 Å². The van der Waals surface area contributed by atoms with Gasteiger partial charge in [-0.3, -0.25) is 0 Å². The first-order valence-electron chi connectivity index (χ1n) is 5.68. The quantitative estimate of drug-likeness (QED) is 0.713. The number of rotatable bonds is 5. The van der Waals surface area contributed by atoms with E-state index in [2.05, 4.69) is 62.8 Å². The third-order valence-corrected chi connectivity index (χ3v) is 12.4. The topological polar surface area (TPSA) is 3.24 Å². The van der Waals surface area contributed by atoms with E-state index in [0.717, 1.165) is 0 Å². The molecule has 0 amide bonds. The lowest BCUT2D eigenvalue weighted by atomic mass is 10.1. The van der Waals surface area contributed by atoms with Gasteiger partial charge in [-0.1, -0.05) is 20.8 Å². The molecule has 0 radical (unpaired) electrons. The third-order valence-electron chi connectivity index (χ3n) is 4.12. The summed E-state index contributed by atoms with van der Waals surface area (Å²) in [5.74, 6) is 0. The Morgan fingerprint density at radius 2 is 1.27 bits per heavy atom. The minimum atomic E-state index is -0.688. The van der Waals surface area contributed by atoms with Gasteiger partial charge in [0, 0.05) is 11.8 Å². The van der Waals surface area contributed by atoms with Gasteiger partial charge in [-0.15, -0.1) is 0 Å². The second-order valence-corrected chi connectivity index (χ2v) is 14.0. The van der Waals surface area contributed by atoms with Crippen molar-refractivity contribution in [1.29, 1.82) is 0 Å². The van der Waals surface area contributed by atoms with Gasteiger partial charge in [0.1, 0.15) is 0 Å². The van der Waals surface area contributed by atoms with Crippen LogP contribution in [0.5, 0.6) is 0 Å². The molecule has 3 heteroatoms. The molecule has 0 aliphatic rings. The Labute approximate surface area is 101 Å². The molecule has 0 N–H and O–H groups in total. The molecule has 0 heterocycles. The van der Waals surface area contributed by atoms with Crippen molar-refractivity contribution in [2.24, 2.45) is 0 Å². The van der Waals surface area contributed by atoms with E-state index < -0.39 is 20.4 Å². The van der Waals surface area contributed by atoms with Gasteiger partial charge in [-0.05, 0) is 44.1 Å². The second kappa shape index (κ2) is 4.89. The Morgan fingerprint density at radius 3 is 1.47 bits per heavy atom. The highest BCUT2D eigenvalue weighted by Crippen LogP contribution is 2.66. The second-order valence-electron chi connectivity index (χ2n) is 5.64. The Hall–Kier alpha value is 0.660. The van der Waals surface area contributed by atoms with Crippen LogP contribution >= 0.6 is 20.4 Å². The molecule has 0 aromatic heterocycles. The molecule has 15 heavy (non-hydrogen) atoms. The molecule has 0 unspecified atom stereocenters. The highest BCUT2D eigenvalue weighted by Gasteiger charge is 2.39. The lowest BCUT2D eigenvalue weighted by Crippen LogP contribution is -2.39. The zero-order valence-electron chi connectivity index (χ0n) is 12.2. The van der Waals surface area contributed by atoms with Crippen LogP contribution in [0.2, 0.25) is 0 Å². The molecule has 0 bridgehead atoms. The number of hydrogen-bond acceptors (Lipinski definition) is 1. The van der Waals surface area contributed by atoms with E-state index in [4.69, 9.17) is 0 Å². The molecule has 0 atom stereocenters. The van der Waals surface area contributed by atoms with Gasteiger partial charge < -0.3 is 0 Å². The molecular weight excluding hydrogens is 222 g/mol. The van der Waals surface area contributed by atoms with E-state index in [1.54, 1.807) is 0 Å². The van der Waals surface area contributed by atoms with E-state index in [-0.39, 0.29) is 0 Å². The van der Waals surface area contributed by atoms with E-state index in [1.165, 1.54) is 12.8 Å². The molecule has 0 aliphatic heterocycles. The predicted molar refractivity (Wildman–Crippen MR) is 81.6 cm³/mol. The van der Waals surface area contributed by atoms with Gasteiger partial charge in [-0.25, -0.2) is 3.71 Å². The predicted octanol–water partition coefficient (Wildman–Crippen LogP) is 4.09. The van der Waals surface area contributed by atoms with E-state index >= 15 is 0 Å². The SMILES string of the molecule is CCC(C)(CC)S(C)(C)N(C)S(C)(C)C. The van der Waals surface area contributed by atoms with Crippen molar-refractivity contribution in [1.82, 2.24) is 3.71 Å². The molecule has 0 aliphatic carbocycles. The highest BCUT2D eigenvalue weighted by atomic mass is 32.3. The van der Waals surface area contributed by atoms with Crippen LogP contribution in [-0.4, -0.2) is 46.8 Å². The zero-order chi connectivity index (χ0) is 12.5. The van der Waals surface area contributed by atoms with Crippen molar-refractivity contribution in [2.75, 3.05) is 38.3 Å². The molecule has 0 aromatic carbocycles.